The van der Waals surface area contributed by atoms with Gasteiger partial charge in [0, 0.05) is 0 Å². The molecule has 1 aliphatic carbocycles. The number of allylic oxidation sites excluding steroid dienone is 4. The van der Waals surface area contributed by atoms with E-state index in [1.807, 2.05) is 6.08 Å². The van der Waals surface area contributed by atoms with Gasteiger partial charge < -0.3 is 0 Å². The van der Waals surface area contributed by atoms with Gasteiger partial charge in [0.1, 0.15) is 6.07 Å². The average molecular weight is 291 g/mol. The highest BCUT2D eigenvalue weighted by Crippen LogP contribution is 2.36. The fourth-order valence-corrected chi connectivity index (χ4v) is 2.75. The topological polar surface area (TPSA) is 23.8 Å². The number of rotatable bonds is 3. The van der Waals surface area contributed by atoms with Gasteiger partial charge in [-0.25, -0.2) is 8.78 Å². The largest absolute Gasteiger partial charge is 0.204 e. The lowest BCUT2D eigenvalue weighted by Crippen LogP contribution is -2.12. The Morgan fingerprint density at radius 1 is 1.14 bits per heavy atom. The Bertz CT molecular complexity index is 591. The van der Waals surface area contributed by atoms with E-state index in [1.54, 1.807) is 12.1 Å². The molecule has 0 aliphatic heterocycles. The van der Waals surface area contributed by atoms with Gasteiger partial charge in [0.2, 0.25) is 0 Å². The zero-order valence-corrected chi connectivity index (χ0v) is 11.5. The molecule has 110 valence electrons. The van der Waals surface area contributed by atoms with Crippen LogP contribution in [0.5, 0.6) is 0 Å². The monoisotopic (exact) mass is 291 g/mol. The van der Waals surface area contributed by atoms with Crippen LogP contribution < -0.4 is 0 Å². The van der Waals surface area contributed by atoms with Gasteiger partial charge in [0.25, 0.3) is 0 Å². The lowest BCUT2D eigenvalue weighted by Gasteiger charge is -2.27. The lowest BCUT2D eigenvalue weighted by atomic mass is 9.78. The Balaban J connectivity index is 1.91. The Morgan fingerprint density at radius 3 is 2.48 bits per heavy atom. The van der Waals surface area contributed by atoms with Crippen LogP contribution in [0.2, 0.25) is 0 Å². The second kappa shape index (κ2) is 7.12. The maximum atomic E-state index is 13.2. The molecule has 1 aromatic carbocycles. The van der Waals surface area contributed by atoms with E-state index >= 15 is 0 Å². The molecule has 0 amide bonds. The first kappa shape index (κ1) is 15.4. The standard InChI is InChI=1S/C17H16F3N/c18-15(11-21)3-1-2-12-4-6-13(7-5-12)14-8-9-16(19)17(20)10-14/h1-3,8-10,12-13H,4-7H2/b2-1+,15-3-/t12-,13-. The summed E-state index contributed by atoms with van der Waals surface area (Å²) in [7, 11) is 0. The van der Waals surface area contributed by atoms with Crippen molar-refractivity contribution in [3.8, 4) is 6.07 Å². The third-order valence-electron chi connectivity index (χ3n) is 3.92. The van der Waals surface area contributed by atoms with Crippen molar-refractivity contribution in [2.24, 2.45) is 5.92 Å². The number of nitrogens with zero attached hydrogens (tertiary/aromatic N) is 1. The van der Waals surface area contributed by atoms with E-state index < -0.39 is 17.5 Å². The summed E-state index contributed by atoms with van der Waals surface area (Å²) in [5.41, 5.74) is 0.840. The van der Waals surface area contributed by atoms with Gasteiger partial charge in [-0.1, -0.05) is 18.2 Å². The van der Waals surface area contributed by atoms with Crippen molar-refractivity contribution < 1.29 is 13.2 Å². The molecular formula is C17H16F3N. The Hall–Kier alpha value is -2.02. The van der Waals surface area contributed by atoms with Crippen LogP contribution in [0.1, 0.15) is 37.2 Å². The molecule has 0 heterocycles. The smallest absolute Gasteiger partial charge is 0.199 e. The number of halogens is 3. The van der Waals surface area contributed by atoms with Gasteiger partial charge in [0.05, 0.1) is 0 Å². The van der Waals surface area contributed by atoms with E-state index in [0.29, 0.717) is 5.92 Å². The van der Waals surface area contributed by atoms with Gasteiger partial charge in [0.15, 0.2) is 17.5 Å². The van der Waals surface area contributed by atoms with Crippen molar-refractivity contribution in [2.45, 2.75) is 31.6 Å². The quantitative estimate of drug-likeness (QED) is 0.556. The van der Waals surface area contributed by atoms with Crippen molar-refractivity contribution in [1.29, 1.82) is 5.26 Å². The molecule has 0 atom stereocenters. The zero-order valence-electron chi connectivity index (χ0n) is 11.5. The van der Waals surface area contributed by atoms with Gasteiger partial charge in [-0.05, 0) is 61.3 Å². The highest BCUT2D eigenvalue weighted by Gasteiger charge is 2.21. The van der Waals surface area contributed by atoms with E-state index in [1.165, 1.54) is 18.2 Å². The number of benzene rings is 1. The summed E-state index contributed by atoms with van der Waals surface area (Å²) in [6.45, 7) is 0. The Labute approximate surface area is 122 Å². The van der Waals surface area contributed by atoms with E-state index in [9.17, 15) is 13.2 Å². The molecule has 0 spiro atoms. The highest BCUT2D eigenvalue weighted by molar-refractivity contribution is 5.23. The van der Waals surface area contributed by atoms with Gasteiger partial charge >= 0.3 is 0 Å². The summed E-state index contributed by atoms with van der Waals surface area (Å²) in [6.07, 6.45) is 8.25. The predicted molar refractivity (Wildman–Crippen MR) is 75.0 cm³/mol. The third-order valence-corrected chi connectivity index (χ3v) is 3.92. The van der Waals surface area contributed by atoms with Gasteiger partial charge in [-0.3, -0.25) is 0 Å². The Morgan fingerprint density at radius 2 is 1.86 bits per heavy atom. The molecule has 0 radical (unpaired) electrons. The minimum absolute atomic E-state index is 0.246. The maximum Gasteiger partial charge on any atom is 0.199 e. The van der Waals surface area contributed by atoms with Crippen LogP contribution in [-0.2, 0) is 0 Å². The van der Waals surface area contributed by atoms with E-state index in [0.717, 1.165) is 37.3 Å². The van der Waals surface area contributed by atoms with Gasteiger partial charge in [-0.15, -0.1) is 0 Å². The minimum atomic E-state index is -0.818. The number of hydrogen-bond acceptors (Lipinski definition) is 1. The average Bonchev–Trinajstić information content (AvgIpc) is 2.50. The first-order chi connectivity index (χ1) is 10.1. The third kappa shape index (κ3) is 4.22. The second-order valence-corrected chi connectivity index (χ2v) is 5.30. The molecular weight excluding hydrogens is 275 g/mol. The molecule has 0 unspecified atom stereocenters. The number of nitriles is 1. The molecule has 0 aromatic heterocycles. The second-order valence-electron chi connectivity index (χ2n) is 5.30. The van der Waals surface area contributed by atoms with Crippen LogP contribution in [0.3, 0.4) is 0 Å². The molecule has 1 saturated carbocycles. The van der Waals surface area contributed by atoms with Gasteiger partial charge in [-0.2, -0.15) is 9.65 Å². The molecule has 4 heteroatoms. The van der Waals surface area contributed by atoms with Crippen molar-refractivity contribution in [3.63, 3.8) is 0 Å². The highest BCUT2D eigenvalue weighted by atomic mass is 19.2. The fourth-order valence-electron chi connectivity index (χ4n) is 2.75. The summed E-state index contributed by atoms with van der Waals surface area (Å²) in [5.74, 6) is -1.83. The predicted octanol–water partition coefficient (Wildman–Crippen LogP) is 5.17. The summed E-state index contributed by atoms with van der Waals surface area (Å²) >= 11 is 0. The summed E-state index contributed by atoms with van der Waals surface area (Å²) in [6, 6.07) is 5.51. The Kier molecular flexibility index (Phi) is 5.21. The molecule has 0 bridgehead atoms. The summed E-state index contributed by atoms with van der Waals surface area (Å²) in [5, 5.41) is 8.29. The van der Waals surface area contributed by atoms with Crippen LogP contribution in [0.4, 0.5) is 13.2 Å². The SMILES string of the molecule is N#C/C(F)=C/C=C/[C@H]1CC[C@H](c2ccc(F)c(F)c2)CC1. The summed E-state index contributed by atoms with van der Waals surface area (Å²) < 4.78 is 38.8. The minimum Gasteiger partial charge on any atom is -0.204 e. The van der Waals surface area contributed by atoms with Crippen LogP contribution in [0.15, 0.2) is 42.3 Å². The van der Waals surface area contributed by atoms with Crippen LogP contribution >= 0.6 is 0 Å². The molecule has 1 fully saturated rings. The molecule has 21 heavy (non-hydrogen) atoms. The van der Waals surface area contributed by atoms with Crippen molar-refractivity contribution >= 4 is 0 Å². The van der Waals surface area contributed by atoms with Crippen molar-refractivity contribution in [3.05, 3.63) is 59.5 Å². The first-order valence-corrected chi connectivity index (χ1v) is 6.99. The lowest BCUT2D eigenvalue weighted by molar-refractivity contribution is 0.374. The van der Waals surface area contributed by atoms with E-state index in [-0.39, 0.29) is 5.92 Å². The molecule has 1 aliphatic rings. The van der Waals surface area contributed by atoms with Crippen molar-refractivity contribution in [1.82, 2.24) is 0 Å². The molecule has 1 aromatic rings. The number of hydrogen-bond donors (Lipinski definition) is 0. The summed E-state index contributed by atoms with van der Waals surface area (Å²) in [4.78, 5) is 0. The normalized spacial score (nSPS) is 23.2. The molecule has 0 saturated heterocycles. The van der Waals surface area contributed by atoms with Crippen LogP contribution in [0.25, 0.3) is 0 Å². The van der Waals surface area contributed by atoms with Crippen LogP contribution in [0, 0.1) is 28.9 Å². The van der Waals surface area contributed by atoms with E-state index in [2.05, 4.69) is 0 Å². The maximum absolute atomic E-state index is 13.2. The van der Waals surface area contributed by atoms with Crippen LogP contribution in [-0.4, -0.2) is 0 Å². The zero-order chi connectivity index (χ0) is 15.2. The molecule has 2 rings (SSSR count). The molecule has 0 N–H and O–H groups in total. The van der Waals surface area contributed by atoms with Crippen molar-refractivity contribution in [2.75, 3.05) is 0 Å². The van der Waals surface area contributed by atoms with E-state index in [4.69, 9.17) is 5.26 Å². The first-order valence-electron chi connectivity index (χ1n) is 6.99. The molecule has 1 nitrogen and oxygen atoms in total. The fraction of sp³-hybridized carbons (Fsp3) is 0.353.